The molecule has 1 aliphatic heterocycles. The van der Waals surface area contributed by atoms with E-state index in [4.69, 9.17) is 0 Å². The summed E-state index contributed by atoms with van der Waals surface area (Å²) in [6.07, 6.45) is 9.99. The van der Waals surface area contributed by atoms with Gasteiger partial charge in [0.05, 0.1) is 12.6 Å². The minimum atomic E-state index is 0.135. The van der Waals surface area contributed by atoms with Gasteiger partial charge < -0.3 is 4.90 Å². The van der Waals surface area contributed by atoms with Crippen molar-refractivity contribution in [3.05, 3.63) is 60.6 Å². The van der Waals surface area contributed by atoms with Gasteiger partial charge in [0, 0.05) is 17.9 Å². The maximum absolute atomic E-state index is 13.6. The van der Waals surface area contributed by atoms with Crippen LogP contribution in [0, 0.1) is 0 Å². The third kappa shape index (κ3) is 3.72. The highest BCUT2D eigenvalue weighted by molar-refractivity contribution is 5.95. The molecule has 0 radical (unpaired) electrons. The van der Waals surface area contributed by atoms with Crippen molar-refractivity contribution in [1.29, 1.82) is 0 Å². The number of amides is 1. The van der Waals surface area contributed by atoms with Crippen molar-refractivity contribution in [3.8, 4) is 0 Å². The number of aromatic nitrogens is 3. The molecule has 0 bridgehead atoms. The van der Waals surface area contributed by atoms with Crippen LogP contribution in [0.25, 0.3) is 5.65 Å². The van der Waals surface area contributed by atoms with E-state index in [-0.39, 0.29) is 11.9 Å². The fourth-order valence-corrected chi connectivity index (χ4v) is 5.13. The quantitative estimate of drug-likeness (QED) is 0.640. The van der Waals surface area contributed by atoms with E-state index in [0.29, 0.717) is 12.6 Å². The Morgan fingerprint density at radius 1 is 0.933 bits per heavy atom. The van der Waals surface area contributed by atoms with Crippen molar-refractivity contribution in [2.45, 2.75) is 57.0 Å². The highest BCUT2D eigenvalue weighted by atomic mass is 16.2. The van der Waals surface area contributed by atoms with E-state index in [2.05, 4.69) is 36.5 Å². The van der Waals surface area contributed by atoms with Gasteiger partial charge in [-0.25, -0.2) is 0 Å². The number of hydrogen-bond acceptors (Lipinski definition) is 4. The summed E-state index contributed by atoms with van der Waals surface area (Å²) >= 11 is 0. The first-order valence-electron chi connectivity index (χ1n) is 11.2. The van der Waals surface area contributed by atoms with Crippen LogP contribution in [-0.2, 0) is 4.79 Å². The number of carbonyl (C=O) groups excluding carboxylic acids is 1. The topological polar surface area (TPSA) is 53.7 Å². The number of anilines is 1. The standard InChI is InChI=1S/C24H29N5O/c30-23(29(19-10-3-1-4-11-19)20-12-5-2-6-13-20)18-27-16-9-14-21(27)24-26-25-22-15-7-8-17-28(22)24/h1,3-4,7-8,10-11,15,17,20-21H,2,5-6,9,12-14,16,18H2/t21-/m0/s1. The second kappa shape index (κ2) is 8.56. The van der Waals surface area contributed by atoms with Crippen LogP contribution >= 0.6 is 0 Å². The summed E-state index contributed by atoms with van der Waals surface area (Å²) in [6.45, 7) is 1.35. The van der Waals surface area contributed by atoms with Gasteiger partial charge in [-0.3, -0.25) is 14.1 Å². The molecule has 6 nitrogen and oxygen atoms in total. The van der Waals surface area contributed by atoms with Gasteiger partial charge in [-0.05, 0) is 56.5 Å². The van der Waals surface area contributed by atoms with Crippen molar-refractivity contribution in [3.63, 3.8) is 0 Å². The molecule has 2 aromatic heterocycles. The van der Waals surface area contributed by atoms with Gasteiger partial charge in [0.25, 0.3) is 0 Å². The molecule has 0 spiro atoms. The summed E-state index contributed by atoms with van der Waals surface area (Å²) in [5.41, 5.74) is 1.89. The molecule has 3 heterocycles. The molecular formula is C24H29N5O. The number of carbonyl (C=O) groups is 1. The molecule has 1 amide bonds. The molecule has 0 unspecified atom stereocenters. The first-order chi connectivity index (χ1) is 14.8. The molecular weight excluding hydrogens is 374 g/mol. The van der Waals surface area contributed by atoms with Gasteiger partial charge in [-0.15, -0.1) is 10.2 Å². The average molecular weight is 404 g/mol. The van der Waals surface area contributed by atoms with Gasteiger partial charge in [0.1, 0.15) is 0 Å². The molecule has 0 N–H and O–H groups in total. The van der Waals surface area contributed by atoms with E-state index in [1.165, 1.54) is 19.3 Å². The normalized spacial score (nSPS) is 20.6. The lowest BCUT2D eigenvalue weighted by Crippen LogP contribution is -2.46. The molecule has 1 atom stereocenters. The number of para-hydroxylation sites is 1. The summed E-state index contributed by atoms with van der Waals surface area (Å²) in [7, 11) is 0. The van der Waals surface area contributed by atoms with E-state index in [0.717, 1.165) is 49.4 Å². The zero-order valence-electron chi connectivity index (χ0n) is 17.4. The Labute approximate surface area is 177 Å². The lowest BCUT2D eigenvalue weighted by atomic mass is 9.93. The Balaban J connectivity index is 1.39. The smallest absolute Gasteiger partial charge is 0.241 e. The van der Waals surface area contributed by atoms with E-state index in [9.17, 15) is 4.79 Å². The molecule has 1 saturated heterocycles. The second-order valence-corrected chi connectivity index (χ2v) is 8.51. The first-order valence-corrected chi connectivity index (χ1v) is 11.2. The Kier molecular flexibility index (Phi) is 5.49. The van der Waals surface area contributed by atoms with E-state index in [1.807, 2.05) is 42.6 Å². The van der Waals surface area contributed by atoms with Crippen molar-refractivity contribution in [2.24, 2.45) is 0 Å². The van der Waals surface area contributed by atoms with Gasteiger partial charge in [-0.1, -0.05) is 43.5 Å². The Morgan fingerprint density at radius 3 is 2.57 bits per heavy atom. The van der Waals surface area contributed by atoms with Gasteiger partial charge in [-0.2, -0.15) is 0 Å². The van der Waals surface area contributed by atoms with Crippen LogP contribution in [0.5, 0.6) is 0 Å². The van der Waals surface area contributed by atoms with Crippen molar-refractivity contribution in [1.82, 2.24) is 19.5 Å². The first kappa shape index (κ1) is 19.2. The molecule has 1 aliphatic carbocycles. The number of hydrogen-bond donors (Lipinski definition) is 0. The van der Waals surface area contributed by atoms with Crippen LogP contribution in [-0.4, -0.2) is 44.5 Å². The minimum absolute atomic E-state index is 0.135. The molecule has 156 valence electrons. The molecule has 5 rings (SSSR count). The van der Waals surface area contributed by atoms with Gasteiger partial charge in [0.15, 0.2) is 11.5 Å². The lowest BCUT2D eigenvalue weighted by Gasteiger charge is -2.36. The summed E-state index contributed by atoms with van der Waals surface area (Å²) in [5, 5.41) is 8.80. The SMILES string of the molecule is O=C(CN1CCC[C@H]1c1nnc2ccccn12)N(c1ccccc1)C1CCCCC1. The Morgan fingerprint density at radius 2 is 1.73 bits per heavy atom. The monoisotopic (exact) mass is 403 g/mol. The zero-order chi connectivity index (χ0) is 20.3. The predicted octanol–water partition coefficient (Wildman–Crippen LogP) is 4.23. The van der Waals surface area contributed by atoms with Gasteiger partial charge in [0.2, 0.25) is 5.91 Å². The van der Waals surface area contributed by atoms with Crippen LogP contribution in [0.3, 0.4) is 0 Å². The van der Waals surface area contributed by atoms with Crippen LogP contribution in [0.15, 0.2) is 54.7 Å². The van der Waals surface area contributed by atoms with E-state index < -0.39 is 0 Å². The number of rotatable bonds is 5. The van der Waals surface area contributed by atoms with Gasteiger partial charge >= 0.3 is 0 Å². The number of fused-ring (bicyclic) bond motifs is 1. The second-order valence-electron chi connectivity index (χ2n) is 8.51. The molecule has 3 aromatic rings. The van der Waals surface area contributed by atoms with Crippen molar-refractivity contribution < 1.29 is 4.79 Å². The lowest BCUT2D eigenvalue weighted by molar-refractivity contribution is -0.120. The van der Waals surface area contributed by atoms with Crippen molar-refractivity contribution in [2.75, 3.05) is 18.0 Å². The molecule has 2 fully saturated rings. The fraction of sp³-hybridized carbons (Fsp3) is 0.458. The van der Waals surface area contributed by atoms with E-state index in [1.54, 1.807) is 0 Å². The number of benzene rings is 1. The number of likely N-dealkylation sites (tertiary alicyclic amines) is 1. The summed E-state index contributed by atoms with van der Waals surface area (Å²) in [5.74, 6) is 1.15. The Hall–Kier alpha value is -2.73. The molecule has 6 heteroatoms. The third-order valence-electron chi connectivity index (χ3n) is 6.58. The maximum Gasteiger partial charge on any atom is 0.241 e. The Bertz CT molecular complexity index is 995. The van der Waals surface area contributed by atoms with Crippen LogP contribution in [0.1, 0.15) is 56.8 Å². The minimum Gasteiger partial charge on any atom is -0.308 e. The molecule has 30 heavy (non-hydrogen) atoms. The fourth-order valence-electron chi connectivity index (χ4n) is 5.13. The summed E-state index contributed by atoms with van der Waals surface area (Å²) in [6, 6.07) is 16.6. The van der Waals surface area contributed by atoms with E-state index >= 15 is 0 Å². The third-order valence-corrected chi connectivity index (χ3v) is 6.58. The maximum atomic E-state index is 13.6. The summed E-state index contributed by atoms with van der Waals surface area (Å²) < 4.78 is 2.06. The highest BCUT2D eigenvalue weighted by Gasteiger charge is 2.34. The highest BCUT2D eigenvalue weighted by Crippen LogP contribution is 2.32. The van der Waals surface area contributed by atoms with Crippen LogP contribution in [0.4, 0.5) is 5.69 Å². The largest absolute Gasteiger partial charge is 0.308 e. The van der Waals surface area contributed by atoms with Crippen LogP contribution in [0.2, 0.25) is 0 Å². The predicted molar refractivity (Wildman–Crippen MR) is 117 cm³/mol. The zero-order valence-corrected chi connectivity index (χ0v) is 17.4. The van der Waals surface area contributed by atoms with Crippen molar-refractivity contribution >= 4 is 17.2 Å². The number of nitrogens with zero attached hydrogens (tertiary/aromatic N) is 5. The molecule has 2 aliphatic rings. The molecule has 1 aromatic carbocycles. The summed E-state index contributed by atoms with van der Waals surface area (Å²) in [4.78, 5) is 18.0. The number of pyridine rings is 1. The average Bonchev–Trinajstić information content (AvgIpc) is 3.42. The molecule has 1 saturated carbocycles. The van der Waals surface area contributed by atoms with Crippen LogP contribution < -0.4 is 4.90 Å².